The van der Waals surface area contributed by atoms with E-state index in [0.717, 1.165) is 37.1 Å². The summed E-state index contributed by atoms with van der Waals surface area (Å²) in [7, 11) is 3.07. The quantitative estimate of drug-likeness (QED) is 0.745. The van der Waals surface area contributed by atoms with Gasteiger partial charge < -0.3 is 9.64 Å². The zero-order valence-electron chi connectivity index (χ0n) is 16.4. The van der Waals surface area contributed by atoms with E-state index in [-0.39, 0.29) is 36.6 Å². The minimum atomic E-state index is -1.12. The highest BCUT2D eigenvalue weighted by molar-refractivity contribution is 6.10. The molecule has 2 heterocycles. The van der Waals surface area contributed by atoms with Crippen LogP contribution in [-0.2, 0) is 19.8 Å². The Morgan fingerprint density at radius 1 is 1.22 bits per heavy atom. The van der Waals surface area contributed by atoms with Gasteiger partial charge in [-0.15, -0.1) is 0 Å². The van der Waals surface area contributed by atoms with Crippen molar-refractivity contribution in [2.75, 3.05) is 20.7 Å². The molecule has 0 saturated carbocycles. The molecule has 27 heavy (non-hydrogen) atoms. The van der Waals surface area contributed by atoms with Crippen molar-refractivity contribution in [2.45, 2.75) is 56.9 Å². The lowest BCUT2D eigenvalue weighted by Crippen LogP contribution is -2.47. The van der Waals surface area contributed by atoms with Crippen LogP contribution >= 0.6 is 0 Å². The highest BCUT2D eigenvalue weighted by Gasteiger charge is 2.53. The first-order chi connectivity index (χ1) is 12.9. The van der Waals surface area contributed by atoms with Gasteiger partial charge in [-0.05, 0) is 43.4 Å². The summed E-state index contributed by atoms with van der Waals surface area (Å²) in [5.74, 6) is 0.103. The predicted octanol–water partition coefficient (Wildman–Crippen LogP) is 2.50. The maximum Gasteiger partial charge on any atom is 0.240 e. The van der Waals surface area contributed by atoms with Crippen LogP contribution in [0.1, 0.15) is 51.0 Å². The molecule has 2 saturated heterocycles. The van der Waals surface area contributed by atoms with Crippen LogP contribution in [0.4, 0.5) is 0 Å². The summed E-state index contributed by atoms with van der Waals surface area (Å²) in [4.78, 5) is 41.7. The first-order valence-electron chi connectivity index (χ1n) is 9.68. The summed E-state index contributed by atoms with van der Waals surface area (Å²) < 4.78 is 5.20. The standard InChI is InChI=1S/C21H28N2O4/c1-4-16-7-5-6-12-23(16)19(25)14-21(13-18(24)22(2)20(21)26)15-8-10-17(27-3)11-9-15/h8-11,16H,4-7,12-14H2,1-3H3. The molecule has 0 aliphatic carbocycles. The molecule has 2 aliphatic heterocycles. The van der Waals surface area contributed by atoms with Gasteiger partial charge in [0.15, 0.2) is 0 Å². The van der Waals surface area contributed by atoms with Gasteiger partial charge >= 0.3 is 0 Å². The number of hydrogen-bond acceptors (Lipinski definition) is 4. The molecular formula is C21H28N2O4. The number of hydrogen-bond donors (Lipinski definition) is 0. The second kappa shape index (κ2) is 7.71. The van der Waals surface area contributed by atoms with Gasteiger partial charge in [-0.3, -0.25) is 19.3 Å². The number of methoxy groups -OCH3 is 1. The number of likely N-dealkylation sites (N-methyl/N-ethyl adjacent to an activating group) is 1. The van der Waals surface area contributed by atoms with Crippen molar-refractivity contribution in [2.24, 2.45) is 0 Å². The van der Waals surface area contributed by atoms with Crippen LogP contribution in [0, 0.1) is 0 Å². The zero-order chi connectivity index (χ0) is 19.6. The monoisotopic (exact) mass is 372 g/mol. The van der Waals surface area contributed by atoms with Crippen molar-refractivity contribution < 1.29 is 19.1 Å². The fraction of sp³-hybridized carbons (Fsp3) is 0.571. The van der Waals surface area contributed by atoms with Gasteiger partial charge in [0.25, 0.3) is 0 Å². The number of benzene rings is 1. The van der Waals surface area contributed by atoms with Crippen LogP contribution in [0.3, 0.4) is 0 Å². The number of nitrogens with zero attached hydrogens (tertiary/aromatic N) is 2. The third kappa shape index (κ3) is 3.45. The molecule has 3 rings (SSSR count). The molecule has 0 aromatic heterocycles. The van der Waals surface area contributed by atoms with Gasteiger partial charge in [0.2, 0.25) is 17.7 Å². The molecule has 1 aromatic carbocycles. The minimum absolute atomic E-state index is 0.0325. The number of imide groups is 1. The number of piperidine rings is 1. The minimum Gasteiger partial charge on any atom is -0.497 e. The molecule has 0 bridgehead atoms. The Balaban J connectivity index is 1.94. The number of rotatable bonds is 5. The fourth-order valence-corrected chi connectivity index (χ4v) is 4.38. The summed E-state index contributed by atoms with van der Waals surface area (Å²) in [6.07, 6.45) is 4.10. The van der Waals surface area contributed by atoms with Crippen molar-refractivity contribution in [1.29, 1.82) is 0 Å². The van der Waals surface area contributed by atoms with E-state index >= 15 is 0 Å². The third-order valence-corrected chi connectivity index (χ3v) is 6.06. The predicted molar refractivity (Wildman–Crippen MR) is 101 cm³/mol. The Labute approximate surface area is 160 Å². The van der Waals surface area contributed by atoms with E-state index in [1.165, 1.54) is 7.05 Å². The Morgan fingerprint density at radius 3 is 2.48 bits per heavy atom. The van der Waals surface area contributed by atoms with E-state index in [2.05, 4.69) is 6.92 Å². The average molecular weight is 372 g/mol. The SMILES string of the molecule is CCC1CCCCN1C(=O)CC1(c2ccc(OC)cc2)CC(=O)N(C)C1=O. The summed E-state index contributed by atoms with van der Waals surface area (Å²) in [5.41, 5.74) is -0.422. The lowest BCUT2D eigenvalue weighted by Gasteiger charge is -2.37. The second-order valence-electron chi connectivity index (χ2n) is 7.57. The lowest BCUT2D eigenvalue weighted by atomic mass is 9.75. The summed E-state index contributed by atoms with van der Waals surface area (Å²) in [5, 5.41) is 0. The molecule has 2 unspecified atom stereocenters. The maximum absolute atomic E-state index is 13.2. The van der Waals surface area contributed by atoms with Crippen molar-refractivity contribution in [3.05, 3.63) is 29.8 Å². The van der Waals surface area contributed by atoms with Gasteiger partial charge in [0, 0.05) is 32.5 Å². The van der Waals surface area contributed by atoms with Gasteiger partial charge in [0.1, 0.15) is 5.75 Å². The van der Waals surface area contributed by atoms with Gasteiger partial charge in [-0.1, -0.05) is 19.1 Å². The molecule has 2 aliphatic rings. The molecule has 0 radical (unpaired) electrons. The van der Waals surface area contributed by atoms with Crippen molar-refractivity contribution >= 4 is 17.7 Å². The van der Waals surface area contributed by atoms with Crippen LogP contribution in [0.2, 0.25) is 0 Å². The first-order valence-corrected chi connectivity index (χ1v) is 9.68. The first kappa shape index (κ1) is 19.4. The van der Waals surface area contributed by atoms with Crippen LogP contribution in [0.5, 0.6) is 5.75 Å². The van der Waals surface area contributed by atoms with E-state index in [4.69, 9.17) is 4.74 Å². The van der Waals surface area contributed by atoms with E-state index < -0.39 is 5.41 Å². The number of likely N-dealkylation sites (tertiary alicyclic amines) is 2. The molecule has 6 nitrogen and oxygen atoms in total. The van der Waals surface area contributed by atoms with Crippen LogP contribution in [-0.4, -0.2) is 54.3 Å². The van der Waals surface area contributed by atoms with E-state index in [0.29, 0.717) is 11.3 Å². The summed E-state index contributed by atoms with van der Waals surface area (Å²) >= 11 is 0. The highest BCUT2D eigenvalue weighted by atomic mass is 16.5. The highest BCUT2D eigenvalue weighted by Crippen LogP contribution is 2.40. The van der Waals surface area contributed by atoms with Gasteiger partial charge in [0.05, 0.1) is 12.5 Å². The van der Waals surface area contributed by atoms with Crippen LogP contribution < -0.4 is 4.74 Å². The largest absolute Gasteiger partial charge is 0.497 e. The Bertz CT molecular complexity index is 730. The molecule has 2 fully saturated rings. The van der Waals surface area contributed by atoms with Crippen molar-refractivity contribution in [3.8, 4) is 5.75 Å². The third-order valence-electron chi connectivity index (χ3n) is 6.06. The molecule has 146 valence electrons. The fourth-order valence-electron chi connectivity index (χ4n) is 4.38. The summed E-state index contributed by atoms with van der Waals surface area (Å²) in [6.45, 7) is 2.82. The Hall–Kier alpha value is -2.37. The van der Waals surface area contributed by atoms with E-state index in [1.807, 2.05) is 4.90 Å². The molecule has 6 heteroatoms. The smallest absolute Gasteiger partial charge is 0.240 e. The molecule has 0 spiro atoms. The lowest BCUT2D eigenvalue weighted by molar-refractivity contribution is -0.143. The number of carbonyl (C=O) groups is 3. The van der Waals surface area contributed by atoms with Gasteiger partial charge in [-0.25, -0.2) is 0 Å². The molecular weight excluding hydrogens is 344 g/mol. The normalized spacial score (nSPS) is 25.8. The van der Waals surface area contributed by atoms with Crippen LogP contribution in [0.25, 0.3) is 0 Å². The molecule has 2 atom stereocenters. The number of amides is 3. The second-order valence-corrected chi connectivity index (χ2v) is 7.57. The molecule has 0 N–H and O–H groups in total. The molecule has 1 aromatic rings. The average Bonchev–Trinajstić information content (AvgIpc) is 2.92. The van der Waals surface area contributed by atoms with Crippen LogP contribution in [0.15, 0.2) is 24.3 Å². The van der Waals surface area contributed by atoms with E-state index in [1.54, 1.807) is 31.4 Å². The van der Waals surface area contributed by atoms with Crippen molar-refractivity contribution in [3.63, 3.8) is 0 Å². The van der Waals surface area contributed by atoms with E-state index in [9.17, 15) is 14.4 Å². The number of carbonyl (C=O) groups excluding carboxylic acids is 3. The zero-order valence-corrected chi connectivity index (χ0v) is 16.4. The topological polar surface area (TPSA) is 66.9 Å². The Morgan fingerprint density at radius 2 is 1.93 bits per heavy atom. The summed E-state index contributed by atoms with van der Waals surface area (Å²) in [6, 6.07) is 7.36. The van der Waals surface area contributed by atoms with Gasteiger partial charge in [-0.2, -0.15) is 0 Å². The molecule has 3 amide bonds. The Kier molecular flexibility index (Phi) is 5.53. The maximum atomic E-state index is 13.2. The number of ether oxygens (including phenoxy) is 1. The van der Waals surface area contributed by atoms with Crippen molar-refractivity contribution in [1.82, 2.24) is 9.80 Å².